The van der Waals surface area contributed by atoms with Crippen molar-refractivity contribution in [2.24, 2.45) is 0 Å². The molecule has 0 saturated heterocycles. The highest BCUT2D eigenvalue weighted by Gasteiger charge is 2.13. The minimum absolute atomic E-state index is 0.792. The van der Waals surface area contributed by atoms with Crippen LogP contribution in [-0.4, -0.2) is 14.9 Å². The van der Waals surface area contributed by atoms with Gasteiger partial charge in [-0.3, -0.25) is 9.19 Å². The van der Waals surface area contributed by atoms with E-state index >= 15 is 0 Å². The molecule has 1 aliphatic rings. The van der Waals surface area contributed by atoms with Crippen molar-refractivity contribution in [2.45, 2.75) is 12.8 Å². The van der Waals surface area contributed by atoms with Gasteiger partial charge in [0.1, 0.15) is 0 Å². The molecule has 3 heteroatoms. The van der Waals surface area contributed by atoms with Crippen LogP contribution >= 0.6 is 0 Å². The van der Waals surface area contributed by atoms with Gasteiger partial charge in [-0.1, -0.05) is 12.1 Å². The standard InChI is InChI=1S/C10H11NOS/c12-13-7-2-1-5-10(13)9-4-3-6-11-8-9/h3-6,8H,1-2,7H2/t13-/m0/s1. The zero-order chi connectivity index (χ0) is 9.10. The van der Waals surface area contributed by atoms with Gasteiger partial charge in [0.2, 0.25) is 0 Å². The normalized spacial score (nSPS) is 22.5. The number of hydrogen-bond acceptors (Lipinski definition) is 2. The molecule has 0 aliphatic carbocycles. The Bertz CT molecular complexity index is 345. The summed E-state index contributed by atoms with van der Waals surface area (Å²) in [5.41, 5.74) is 1.00. The Morgan fingerprint density at radius 1 is 1.46 bits per heavy atom. The van der Waals surface area contributed by atoms with Crippen LogP contribution in [0.1, 0.15) is 18.4 Å². The van der Waals surface area contributed by atoms with Crippen LogP contribution in [0.3, 0.4) is 0 Å². The van der Waals surface area contributed by atoms with Gasteiger partial charge in [0.15, 0.2) is 0 Å². The van der Waals surface area contributed by atoms with Gasteiger partial charge in [0.25, 0.3) is 0 Å². The largest absolute Gasteiger partial charge is 0.264 e. The molecule has 0 bridgehead atoms. The second-order valence-corrected chi connectivity index (χ2v) is 4.54. The van der Waals surface area contributed by atoms with Crippen molar-refractivity contribution in [1.29, 1.82) is 0 Å². The molecule has 2 heterocycles. The van der Waals surface area contributed by atoms with Gasteiger partial charge in [-0.25, -0.2) is 0 Å². The lowest BCUT2D eigenvalue weighted by atomic mass is 10.2. The highest BCUT2D eigenvalue weighted by Crippen LogP contribution is 2.23. The van der Waals surface area contributed by atoms with Gasteiger partial charge < -0.3 is 0 Å². The van der Waals surface area contributed by atoms with Crippen LogP contribution in [-0.2, 0) is 10.8 Å². The number of rotatable bonds is 1. The maximum absolute atomic E-state index is 11.6. The number of pyridine rings is 1. The highest BCUT2D eigenvalue weighted by atomic mass is 32.2. The zero-order valence-electron chi connectivity index (χ0n) is 7.27. The van der Waals surface area contributed by atoms with Crippen molar-refractivity contribution in [3.8, 4) is 0 Å². The second kappa shape index (κ2) is 3.83. The van der Waals surface area contributed by atoms with Crippen LogP contribution in [0.4, 0.5) is 0 Å². The van der Waals surface area contributed by atoms with E-state index in [-0.39, 0.29) is 0 Å². The lowest BCUT2D eigenvalue weighted by Crippen LogP contribution is -2.05. The van der Waals surface area contributed by atoms with Crippen LogP contribution in [0.25, 0.3) is 4.91 Å². The van der Waals surface area contributed by atoms with Gasteiger partial charge in [0.05, 0.1) is 10.8 Å². The van der Waals surface area contributed by atoms with Crippen molar-refractivity contribution >= 4 is 15.7 Å². The fourth-order valence-electron chi connectivity index (χ4n) is 1.41. The monoisotopic (exact) mass is 193 g/mol. The summed E-state index contributed by atoms with van der Waals surface area (Å²) in [5.74, 6) is 0.792. The molecule has 1 aliphatic heterocycles. The smallest absolute Gasteiger partial charge is 0.0533 e. The van der Waals surface area contributed by atoms with Crippen LogP contribution in [0.15, 0.2) is 30.6 Å². The summed E-state index contributed by atoms with van der Waals surface area (Å²) in [7, 11) is -0.808. The van der Waals surface area contributed by atoms with Crippen LogP contribution < -0.4 is 0 Å². The summed E-state index contributed by atoms with van der Waals surface area (Å²) in [5, 5.41) is 0. The quantitative estimate of drug-likeness (QED) is 0.682. The number of allylic oxidation sites excluding steroid dienone is 1. The Morgan fingerprint density at radius 3 is 3.08 bits per heavy atom. The van der Waals surface area contributed by atoms with Crippen molar-refractivity contribution < 1.29 is 4.21 Å². The summed E-state index contributed by atoms with van der Waals surface area (Å²) in [6.45, 7) is 0. The third-order valence-corrected chi connectivity index (χ3v) is 3.61. The van der Waals surface area contributed by atoms with E-state index in [1.807, 2.05) is 12.1 Å². The van der Waals surface area contributed by atoms with E-state index in [1.165, 1.54) is 0 Å². The Hall–Kier alpha value is -0.960. The Labute approximate surface area is 80.2 Å². The maximum atomic E-state index is 11.6. The van der Waals surface area contributed by atoms with E-state index in [0.29, 0.717) is 0 Å². The lowest BCUT2D eigenvalue weighted by Gasteiger charge is -2.11. The molecule has 0 radical (unpaired) electrons. The second-order valence-electron chi connectivity index (χ2n) is 3.00. The summed E-state index contributed by atoms with van der Waals surface area (Å²) in [6, 6.07) is 3.84. The topological polar surface area (TPSA) is 30.0 Å². The van der Waals surface area contributed by atoms with Gasteiger partial charge in [-0.05, 0) is 18.9 Å². The van der Waals surface area contributed by atoms with E-state index in [4.69, 9.17) is 0 Å². The molecule has 2 rings (SSSR count). The fraction of sp³-hybridized carbons (Fsp3) is 0.300. The van der Waals surface area contributed by atoms with Gasteiger partial charge in [-0.2, -0.15) is 0 Å². The molecule has 0 saturated carbocycles. The minimum Gasteiger partial charge on any atom is -0.264 e. The number of nitrogens with zero attached hydrogens (tertiary/aromatic N) is 1. The predicted octanol–water partition coefficient (Wildman–Crippen LogP) is 1.97. The Balaban J connectivity index is 2.35. The zero-order valence-corrected chi connectivity index (χ0v) is 8.09. The molecule has 0 fully saturated rings. The lowest BCUT2D eigenvalue weighted by molar-refractivity contribution is 0.685. The molecular weight excluding hydrogens is 182 g/mol. The van der Waals surface area contributed by atoms with E-state index in [9.17, 15) is 4.21 Å². The van der Waals surface area contributed by atoms with Crippen LogP contribution in [0, 0.1) is 0 Å². The van der Waals surface area contributed by atoms with Crippen molar-refractivity contribution in [3.05, 3.63) is 36.2 Å². The maximum Gasteiger partial charge on any atom is 0.0533 e. The van der Waals surface area contributed by atoms with E-state index < -0.39 is 10.8 Å². The molecule has 1 atom stereocenters. The first-order valence-electron chi connectivity index (χ1n) is 4.37. The molecule has 0 amide bonds. The summed E-state index contributed by atoms with van der Waals surface area (Å²) in [6.07, 6.45) is 7.65. The molecule has 0 unspecified atom stereocenters. The molecule has 1 aromatic heterocycles. The molecule has 0 N–H and O–H groups in total. The van der Waals surface area contributed by atoms with Crippen molar-refractivity contribution in [1.82, 2.24) is 4.98 Å². The van der Waals surface area contributed by atoms with E-state index in [2.05, 4.69) is 11.1 Å². The van der Waals surface area contributed by atoms with Crippen molar-refractivity contribution in [2.75, 3.05) is 5.75 Å². The van der Waals surface area contributed by atoms with Crippen LogP contribution in [0.2, 0.25) is 0 Å². The predicted molar refractivity (Wildman–Crippen MR) is 54.5 cm³/mol. The fourth-order valence-corrected chi connectivity index (χ4v) is 2.74. The average molecular weight is 193 g/mol. The summed E-state index contributed by atoms with van der Waals surface area (Å²) in [4.78, 5) is 4.98. The molecule has 0 spiro atoms. The van der Waals surface area contributed by atoms with E-state index in [1.54, 1.807) is 12.4 Å². The Morgan fingerprint density at radius 2 is 2.38 bits per heavy atom. The van der Waals surface area contributed by atoms with Gasteiger partial charge >= 0.3 is 0 Å². The molecular formula is C10H11NOS. The van der Waals surface area contributed by atoms with E-state index in [0.717, 1.165) is 29.1 Å². The van der Waals surface area contributed by atoms with Crippen LogP contribution in [0.5, 0.6) is 0 Å². The number of aromatic nitrogens is 1. The molecule has 13 heavy (non-hydrogen) atoms. The summed E-state index contributed by atoms with van der Waals surface area (Å²) < 4.78 is 11.6. The average Bonchev–Trinajstić information content (AvgIpc) is 2.20. The molecule has 68 valence electrons. The minimum atomic E-state index is -0.808. The molecule has 1 aromatic rings. The van der Waals surface area contributed by atoms with Gasteiger partial charge in [0, 0.05) is 28.6 Å². The number of hydrogen-bond donors (Lipinski definition) is 0. The first-order valence-corrected chi connectivity index (χ1v) is 5.69. The first-order chi connectivity index (χ1) is 6.38. The third kappa shape index (κ3) is 1.86. The van der Waals surface area contributed by atoms with Gasteiger partial charge in [-0.15, -0.1) is 0 Å². The Kier molecular flexibility index (Phi) is 2.54. The first kappa shape index (κ1) is 8.63. The SMILES string of the molecule is O=[S@]1CCCC=C1c1cccnc1. The highest BCUT2D eigenvalue weighted by molar-refractivity contribution is 7.94. The molecule has 0 aromatic carbocycles. The van der Waals surface area contributed by atoms with Crippen molar-refractivity contribution in [3.63, 3.8) is 0 Å². The molecule has 2 nitrogen and oxygen atoms in total. The summed E-state index contributed by atoms with van der Waals surface area (Å²) >= 11 is 0. The third-order valence-electron chi connectivity index (χ3n) is 2.05.